The van der Waals surface area contributed by atoms with E-state index in [2.05, 4.69) is 49.3 Å². The summed E-state index contributed by atoms with van der Waals surface area (Å²) < 4.78 is 7.61. The molecule has 0 amide bonds. The van der Waals surface area contributed by atoms with Crippen molar-refractivity contribution in [3.63, 3.8) is 0 Å². The lowest BCUT2D eigenvalue weighted by molar-refractivity contribution is 0.108. The molecule has 1 unspecified atom stereocenters. The van der Waals surface area contributed by atoms with Gasteiger partial charge in [0.1, 0.15) is 16.3 Å². The van der Waals surface area contributed by atoms with Gasteiger partial charge in [-0.1, -0.05) is 0 Å². The number of methoxy groups -OCH3 is 1. The summed E-state index contributed by atoms with van der Waals surface area (Å²) in [7, 11) is 3.84. The molecule has 1 aliphatic carbocycles. The van der Waals surface area contributed by atoms with Gasteiger partial charge in [-0.2, -0.15) is 5.10 Å². The maximum absolute atomic E-state index is 5.60. The summed E-state index contributed by atoms with van der Waals surface area (Å²) in [6, 6.07) is 2.75. The molecule has 176 valence electrons. The van der Waals surface area contributed by atoms with Crippen LogP contribution in [0.1, 0.15) is 57.5 Å². The van der Waals surface area contributed by atoms with Gasteiger partial charge >= 0.3 is 0 Å². The van der Waals surface area contributed by atoms with E-state index in [1.807, 2.05) is 30.3 Å². The molecule has 0 radical (unpaired) electrons. The van der Waals surface area contributed by atoms with Gasteiger partial charge in [0, 0.05) is 44.8 Å². The Balaban J connectivity index is 1.62. The second-order valence-corrected chi connectivity index (χ2v) is 10.6. The SMILES string of the molecule is CO[C@@H]1CC[C@H](Nc2nc(C3(C)NC=CN3C)nc3sc(-c4ccn(C(C)C)n4)c(C)c23)C1. The van der Waals surface area contributed by atoms with Crippen LogP contribution in [-0.2, 0) is 10.4 Å². The summed E-state index contributed by atoms with van der Waals surface area (Å²) in [4.78, 5) is 14.4. The topological polar surface area (TPSA) is 80.1 Å². The summed E-state index contributed by atoms with van der Waals surface area (Å²) in [6.45, 7) is 8.55. The molecule has 33 heavy (non-hydrogen) atoms. The quantitative estimate of drug-likeness (QED) is 0.548. The van der Waals surface area contributed by atoms with Gasteiger partial charge in [-0.3, -0.25) is 4.68 Å². The van der Waals surface area contributed by atoms with Gasteiger partial charge in [0.2, 0.25) is 0 Å². The minimum Gasteiger partial charge on any atom is -0.381 e. The van der Waals surface area contributed by atoms with Crippen LogP contribution in [0.5, 0.6) is 0 Å². The first kappa shape index (κ1) is 22.2. The largest absolute Gasteiger partial charge is 0.381 e. The van der Waals surface area contributed by atoms with E-state index in [0.29, 0.717) is 18.2 Å². The average molecular weight is 468 g/mol. The molecule has 2 aliphatic rings. The molecule has 3 atom stereocenters. The summed E-state index contributed by atoms with van der Waals surface area (Å²) in [5.74, 6) is 1.66. The van der Waals surface area contributed by atoms with Gasteiger partial charge in [-0.25, -0.2) is 9.97 Å². The van der Waals surface area contributed by atoms with Gasteiger partial charge in [-0.05, 0) is 58.6 Å². The second-order valence-electron chi connectivity index (χ2n) is 9.56. The maximum Gasteiger partial charge on any atom is 0.178 e. The minimum atomic E-state index is -0.493. The number of fused-ring (bicyclic) bond motifs is 1. The first-order valence-electron chi connectivity index (χ1n) is 11.6. The Morgan fingerprint density at radius 2 is 2.12 bits per heavy atom. The normalized spacial score (nSPS) is 24.9. The fourth-order valence-corrected chi connectivity index (χ4v) is 5.86. The highest BCUT2D eigenvalue weighted by atomic mass is 32.1. The number of anilines is 1. The van der Waals surface area contributed by atoms with Crippen molar-refractivity contribution in [2.24, 2.45) is 0 Å². The number of ether oxygens (including phenoxy) is 1. The van der Waals surface area contributed by atoms with Gasteiger partial charge in [-0.15, -0.1) is 11.3 Å². The predicted molar refractivity (Wildman–Crippen MR) is 133 cm³/mol. The third-order valence-corrected chi connectivity index (χ3v) is 8.23. The van der Waals surface area contributed by atoms with E-state index in [4.69, 9.17) is 19.8 Å². The number of hydrogen-bond acceptors (Lipinski definition) is 8. The van der Waals surface area contributed by atoms with Crippen LogP contribution in [0.2, 0.25) is 0 Å². The first-order valence-corrected chi connectivity index (χ1v) is 12.5. The number of hydrogen-bond donors (Lipinski definition) is 2. The van der Waals surface area contributed by atoms with Crippen LogP contribution in [-0.4, -0.2) is 51.0 Å². The molecule has 1 fully saturated rings. The molecule has 4 heterocycles. The Morgan fingerprint density at radius 3 is 2.76 bits per heavy atom. The highest BCUT2D eigenvalue weighted by Gasteiger charge is 2.37. The number of nitrogens with one attached hydrogen (secondary N) is 2. The maximum atomic E-state index is 5.60. The predicted octanol–water partition coefficient (Wildman–Crippen LogP) is 4.60. The number of thiophene rings is 1. The fourth-order valence-electron chi connectivity index (χ4n) is 4.72. The van der Waals surface area contributed by atoms with Crippen LogP contribution in [0.4, 0.5) is 5.82 Å². The van der Waals surface area contributed by atoms with Crippen LogP contribution in [0.15, 0.2) is 24.7 Å². The molecule has 3 aromatic rings. The van der Waals surface area contributed by atoms with Crippen molar-refractivity contribution in [3.05, 3.63) is 36.1 Å². The zero-order chi connectivity index (χ0) is 23.3. The summed E-state index contributed by atoms with van der Waals surface area (Å²) in [5.41, 5.74) is 1.67. The van der Waals surface area contributed by atoms with Crippen molar-refractivity contribution in [1.29, 1.82) is 0 Å². The van der Waals surface area contributed by atoms with Crippen LogP contribution >= 0.6 is 11.3 Å². The van der Waals surface area contributed by atoms with E-state index >= 15 is 0 Å². The van der Waals surface area contributed by atoms with E-state index in [1.165, 1.54) is 5.56 Å². The van der Waals surface area contributed by atoms with E-state index in [0.717, 1.165) is 51.7 Å². The van der Waals surface area contributed by atoms with Crippen molar-refractivity contribution in [1.82, 2.24) is 30.0 Å². The van der Waals surface area contributed by atoms with Crippen molar-refractivity contribution in [2.75, 3.05) is 19.5 Å². The van der Waals surface area contributed by atoms with Crippen molar-refractivity contribution in [3.8, 4) is 10.6 Å². The molecule has 0 aromatic carbocycles. The van der Waals surface area contributed by atoms with E-state index in [1.54, 1.807) is 18.4 Å². The zero-order valence-corrected chi connectivity index (χ0v) is 21.0. The molecule has 0 spiro atoms. The van der Waals surface area contributed by atoms with E-state index in [9.17, 15) is 0 Å². The lowest BCUT2D eigenvalue weighted by atomic mass is 10.1. The Hall–Kier alpha value is -2.65. The fraction of sp³-hybridized carbons (Fsp3) is 0.542. The van der Waals surface area contributed by atoms with Crippen LogP contribution in [0, 0.1) is 6.92 Å². The standard InChI is InChI=1S/C24H33N7OS/c1-14(2)31-11-9-18(29-31)20-15(3)19-21(26-16-7-8-17(13-16)32-6)27-23(28-22(19)33-20)24(4)25-10-12-30(24)5/h9-12,14,16-17,25H,7-8,13H2,1-6H3,(H,26,27,28)/t16-,17+,24?/m0/s1. The lowest BCUT2D eigenvalue weighted by Crippen LogP contribution is -2.45. The van der Waals surface area contributed by atoms with E-state index < -0.39 is 5.66 Å². The minimum absolute atomic E-state index is 0.308. The highest BCUT2D eigenvalue weighted by Crippen LogP contribution is 2.41. The van der Waals surface area contributed by atoms with Crippen LogP contribution < -0.4 is 10.6 Å². The molecule has 2 N–H and O–H groups in total. The zero-order valence-electron chi connectivity index (χ0n) is 20.2. The van der Waals surface area contributed by atoms with E-state index in [-0.39, 0.29) is 0 Å². The Morgan fingerprint density at radius 1 is 1.30 bits per heavy atom. The summed E-state index contributed by atoms with van der Waals surface area (Å²) >= 11 is 1.69. The smallest absolute Gasteiger partial charge is 0.178 e. The van der Waals surface area contributed by atoms with Gasteiger partial charge in [0.25, 0.3) is 0 Å². The number of nitrogens with zero attached hydrogens (tertiary/aromatic N) is 5. The molecule has 0 saturated heterocycles. The Kier molecular flexibility index (Phi) is 5.56. The molecule has 5 rings (SSSR count). The number of aromatic nitrogens is 4. The lowest BCUT2D eigenvalue weighted by Gasteiger charge is -2.32. The third kappa shape index (κ3) is 3.77. The first-order chi connectivity index (χ1) is 15.8. The van der Waals surface area contributed by atoms with Gasteiger partial charge < -0.3 is 20.3 Å². The molecule has 3 aromatic heterocycles. The highest BCUT2D eigenvalue weighted by molar-refractivity contribution is 7.22. The van der Waals surface area contributed by atoms with Crippen molar-refractivity contribution < 1.29 is 4.74 Å². The van der Waals surface area contributed by atoms with Gasteiger partial charge in [0.05, 0.1) is 16.4 Å². The average Bonchev–Trinajstić information content (AvgIpc) is 3.56. The van der Waals surface area contributed by atoms with Gasteiger partial charge in [0.15, 0.2) is 11.5 Å². The van der Waals surface area contributed by atoms with Crippen LogP contribution in [0.25, 0.3) is 20.8 Å². The molecule has 1 aliphatic heterocycles. The Bertz CT molecular complexity index is 1200. The molecule has 9 heteroatoms. The van der Waals surface area contributed by atoms with Crippen molar-refractivity contribution in [2.45, 2.75) is 70.8 Å². The molecule has 1 saturated carbocycles. The van der Waals surface area contributed by atoms with Crippen LogP contribution in [0.3, 0.4) is 0 Å². The molecular weight excluding hydrogens is 434 g/mol. The Labute approximate surface area is 199 Å². The molecule has 8 nitrogen and oxygen atoms in total. The summed E-state index contributed by atoms with van der Waals surface area (Å²) in [6.07, 6.45) is 9.46. The number of rotatable bonds is 6. The summed E-state index contributed by atoms with van der Waals surface area (Å²) in [5, 5.41) is 13.1. The van der Waals surface area contributed by atoms with Crippen molar-refractivity contribution >= 4 is 27.4 Å². The molecule has 0 bridgehead atoms. The molecular formula is C24H33N7OS. The number of aryl methyl sites for hydroxylation is 1. The second kappa shape index (κ2) is 8.29. The monoisotopic (exact) mass is 467 g/mol. The third-order valence-electron chi connectivity index (χ3n) is 7.02.